The van der Waals surface area contributed by atoms with E-state index in [2.05, 4.69) is 15.0 Å². The predicted molar refractivity (Wildman–Crippen MR) is 68.9 cm³/mol. The maximum atomic E-state index is 11.9. The number of rotatable bonds is 4. The standard InChI is InChI=1S/C11H16N4O3S/c16-11(15-6-4-12-5-7-15)9-14-19(17,18)10-2-1-3-13-8-10/h1-3,8,12,14H,4-7,9H2. The van der Waals surface area contributed by atoms with Gasteiger partial charge in [0.15, 0.2) is 0 Å². The fourth-order valence-electron chi connectivity index (χ4n) is 1.77. The Morgan fingerprint density at radius 2 is 2.16 bits per heavy atom. The molecule has 1 amide bonds. The second kappa shape index (κ2) is 6.09. The Bertz CT molecular complexity index is 526. The molecule has 7 nitrogen and oxygen atoms in total. The van der Waals surface area contributed by atoms with E-state index in [4.69, 9.17) is 0 Å². The van der Waals surface area contributed by atoms with Gasteiger partial charge in [-0.25, -0.2) is 13.1 Å². The van der Waals surface area contributed by atoms with Crippen molar-refractivity contribution in [2.24, 2.45) is 0 Å². The van der Waals surface area contributed by atoms with Crippen molar-refractivity contribution in [3.63, 3.8) is 0 Å². The third kappa shape index (κ3) is 3.72. The van der Waals surface area contributed by atoms with Crippen molar-refractivity contribution < 1.29 is 13.2 Å². The van der Waals surface area contributed by atoms with Gasteiger partial charge >= 0.3 is 0 Å². The number of amides is 1. The van der Waals surface area contributed by atoms with E-state index < -0.39 is 10.0 Å². The maximum absolute atomic E-state index is 11.9. The maximum Gasteiger partial charge on any atom is 0.242 e. The molecule has 1 aliphatic rings. The summed E-state index contributed by atoms with van der Waals surface area (Å²) < 4.78 is 26.1. The van der Waals surface area contributed by atoms with E-state index in [1.54, 1.807) is 4.90 Å². The van der Waals surface area contributed by atoms with Crippen LogP contribution in [0.2, 0.25) is 0 Å². The van der Waals surface area contributed by atoms with Gasteiger partial charge in [0.1, 0.15) is 4.90 Å². The number of nitrogens with zero attached hydrogens (tertiary/aromatic N) is 2. The summed E-state index contributed by atoms with van der Waals surface area (Å²) in [5.41, 5.74) is 0. The van der Waals surface area contributed by atoms with Crippen molar-refractivity contribution >= 4 is 15.9 Å². The first-order valence-corrected chi connectivity index (χ1v) is 7.46. The fourth-order valence-corrected chi connectivity index (χ4v) is 2.71. The van der Waals surface area contributed by atoms with E-state index in [9.17, 15) is 13.2 Å². The van der Waals surface area contributed by atoms with Gasteiger partial charge in [0.25, 0.3) is 0 Å². The van der Waals surface area contributed by atoms with Crippen molar-refractivity contribution in [1.82, 2.24) is 19.9 Å². The molecule has 2 N–H and O–H groups in total. The molecule has 0 aromatic carbocycles. The van der Waals surface area contributed by atoms with Crippen LogP contribution in [0.25, 0.3) is 0 Å². The number of hydrogen-bond acceptors (Lipinski definition) is 5. The summed E-state index contributed by atoms with van der Waals surface area (Å²) >= 11 is 0. The number of carbonyl (C=O) groups excluding carboxylic acids is 1. The zero-order valence-electron chi connectivity index (χ0n) is 10.4. The van der Waals surface area contributed by atoms with Crippen molar-refractivity contribution in [1.29, 1.82) is 0 Å². The molecule has 0 spiro atoms. The predicted octanol–water partition coefficient (Wildman–Crippen LogP) is -1.21. The number of aromatic nitrogens is 1. The van der Waals surface area contributed by atoms with Gasteiger partial charge in [0, 0.05) is 38.6 Å². The van der Waals surface area contributed by atoms with Crippen LogP contribution < -0.4 is 10.0 Å². The van der Waals surface area contributed by atoms with Crippen molar-refractivity contribution in [3.8, 4) is 0 Å². The first-order valence-electron chi connectivity index (χ1n) is 5.98. The number of nitrogens with one attached hydrogen (secondary N) is 2. The minimum atomic E-state index is -3.67. The summed E-state index contributed by atoms with van der Waals surface area (Å²) in [6.45, 7) is 2.46. The number of pyridine rings is 1. The molecule has 2 rings (SSSR count). The second-order valence-electron chi connectivity index (χ2n) is 4.14. The minimum absolute atomic E-state index is 0.0584. The van der Waals surface area contributed by atoms with Crippen LogP contribution in [-0.4, -0.2) is 56.9 Å². The molecular weight excluding hydrogens is 268 g/mol. The highest BCUT2D eigenvalue weighted by atomic mass is 32.2. The molecule has 1 aromatic rings. The van der Waals surface area contributed by atoms with Crippen LogP contribution in [0.4, 0.5) is 0 Å². The van der Waals surface area contributed by atoms with Crippen molar-refractivity contribution in [3.05, 3.63) is 24.5 Å². The van der Waals surface area contributed by atoms with Gasteiger partial charge in [-0.05, 0) is 12.1 Å². The summed E-state index contributed by atoms with van der Waals surface area (Å²) in [6, 6.07) is 2.97. The molecule has 2 heterocycles. The zero-order chi connectivity index (χ0) is 13.7. The van der Waals surface area contributed by atoms with Crippen LogP contribution in [0.3, 0.4) is 0 Å². The molecule has 0 bridgehead atoms. The topological polar surface area (TPSA) is 91.4 Å². The van der Waals surface area contributed by atoms with Crippen LogP contribution in [-0.2, 0) is 14.8 Å². The van der Waals surface area contributed by atoms with E-state index >= 15 is 0 Å². The Hall–Kier alpha value is -1.51. The molecular formula is C11H16N4O3S. The number of hydrogen-bond donors (Lipinski definition) is 2. The average molecular weight is 284 g/mol. The summed E-state index contributed by atoms with van der Waals surface area (Å²) in [7, 11) is -3.67. The second-order valence-corrected chi connectivity index (χ2v) is 5.91. The third-order valence-electron chi connectivity index (χ3n) is 2.83. The van der Waals surface area contributed by atoms with Gasteiger partial charge < -0.3 is 10.2 Å². The monoisotopic (exact) mass is 284 g/mol. The normalized spacial score (nSPS) is 16.3. The van der Waals surface area contributed by atoms with E-state index in [0.29, 0.717) is 13.1 Å². The summed E-state index contributed by atoms with van der Waals surface area (Å²) in [6.07, 6.45) is 2.74. The Kier molecular flexibility index (Phi) is 4.46. The van der Waals surface area contributed by atoms with Crippen LogP contribution in [0.1, 0.15) is 0 Å². The molecule has 19 heavy (non-hydrogen) atoms. The lowest BCUT2D eigenvalue weighted by Crippen LogP contribution is -2.49. The molecule has 0 aliphatic carbocycles. The van der Waals surface area contributed by atoms with Crippen LogP contribution in [0.15, 0.2) is 29.4 Å². The lowest BCUT2D eigenvalue weighted by molar-refractivity contribution is -0.130. The summed E-state index contributed by atoms with van der Waals surface area (Å²) in [4.78, 5) is 17.3. The van der Waals surface area contributed by atoms with E-state index in [1.165, 1.54) is 24.5 Å². The molecule has 0 unspecified atom stereocenters. The first-order chi connectivity index (χ1) is 9.09. The van der Waals surface area contributed by atoms with Gasteiger partial charge in [-0.2, -0.15) is 0 Å². The van der Waals surface area contributed by atoms with Crippen molar-refractivity contribution in [2.75, 3.05) is 32.7 Å². The van der Waals surface area contributed by atoms with E-state index in [0.717, 1.165) is 13.1 Å². The Labute approximate surface area is 112 Å². The van der Waals surface area contributed by atoms with Gasteiger partial charge in [-0.15, -0.1) is 0 Å². The molecule has 1 fully saturated rings. The molecule has 0 saturated carbocycles. The third-order valence-corrected chi connectivity index (χ3v) is 4.21. The first kappa shape index (κ1) is 13.9. The van der Waals surface area contributed by atoms with E-state index in [-0.39, 0.29) is 17.3 Å². The highest BCUT2D eigenvalue weighted by molar-refractivity contribution is 7.89. The fraction of sp³-hybridized carbons (Fsp3) is 0.455. The molecule has 104 valence electrons. The molecule has 1 aromatic heterocycles. The van der Waals surface area contributed by atoms with Gasteiger partial charge in [0.05, 0.1) is 6.54 Å². The summed E-state index contributed by atoms with van der Waals surface area (Å²) in [5, 5.41) is 3.13. The number of piperazine rings is 1. The SMILES string of the molecule is O=C(CNS(=O)(=O)c1cccnc1)N1CCNCC1. The average Bonchev–Trinajstić information content (AvgIpc) is 2.47. The van der Waals surface area contributed by atoms with Gasteiger partial charge in [-0.1, -0.05) is 0 Å². The molecule has 1 saturated heterocycles. The lowest BCUT2D eigenvalue weighted by Gasteiger charge is -2.27. The number of sulfonamides is 1. The summed E-state index contributed by atoms with van der Waals surface area (Å²) in [5.74, 6) is -0.214. The van der Waals surface area contributed by atoms with Crippen LogP contribution in [0.5, 0.6) is 0 Å². The highest BCUT2D eigenvalue weighted by Crippen LogP contribution is 2.05. The smallest absolute Gasteiger partial charge is 0.242 e. The minimum Gasteiger partial charge on any atom is -0.339 e. The number of carbonyl (C=O) groups is 1. The largest absolute Gasteiger partial charge is 0.339 e. The van der Waals surface area contributed by atoms with E-state index in [1.807, 2.05) is 0 Å². The van der Waals surface area contributed by atoms with Gasteiger partial charge in [-0.3, -0.25) is 9.78 Å². The quantitative estimate of drug-likeness (QED) is 0.724. The molecule has 0 atom stereocenters. The molecule has 8 heteroatoms. The lowest BCUT2D eigenvalue weighted by atomic mass is 10.3. The van der Waals surface area contributed by atoms with Crippen LogP contribution >= 0.6 is 0 Å². The zero-order valence-corrected chi connectivity index (χ0v) is 11.2. The Balaban J connectivity index is 1.93. The Morgan fingerprint density at radius 1 is 1.42 bits per heavy atom. The van der Waals surface area contributed by atoms with Crippen molar-refractivity contribution in [2.45, 2.75) is 4.90 Å². The Morgan fingerprint density at radius 3 is 2.79 bits per heavy atom. The highest BCUT2D eigenvalue weighted by Gasteiger charge is 2.20. The van der Waals surface area contributed by atoms with Gasteiger partial charge in [0.2, 0.25) is 15.9 Å². The molecule has 1 aliphatic heterocycles. The van der Waals surface area contributed by atoms with Crippen LogP contribution in [0, 0.1) is 0 Å². The molecule has 0 radical (unpaired) electrons.